The smallest absolute Gasteiger partial charge is 0.231 e. The van der Waals surface area contributed by atoms with Crippen molar-refractivity contribution in [1.29, 1.82) is 0 Å². The lowest BCUT2D eigenvalue weighted by Gasteiger charge is -2.18. The minimum absolute atomic E-state index is 0.230. The largest absolute Gasteiger partial charge is 0.507 e. The minimum atomic E-state index is 0.230. The molecule has 2 N–H and O–H groups in total. The molecule has 0 bridgehead atoms. The summed E-state index contributed by atoms with van der Waals surface area (Å²) in [5.74, 6) is 2.13. The number of hydrogen-bond donors (Lipinski definition) is 2. The Bertz CT molecular complexity index is 404. The lowest BCUT2D eigenvalue weighted by atomic mass is 10.1. The van der Waals surface area contributed by atoms with Crippen LogP contribution in [0.5, 0.6) is 17.2 Å². The van der Waals surface area contributed by atoms with Gasteiger partial charge in [0, 0.05) is 24.2 Å². The third kappa shape index (κ3) is 2.64. The predicted octanol–water partition coefficient (Wildman–Crippen LogP) is 2.25. The van der Waals surface area contributed by atoms with Crippen LogP contribution >= 0.6 is 0 Å². The maximum atomic E-state index is 9.85. The highest BCUT2D eigenvalue weighted by Crippen LogP contribution is 2.37. The van der Waals surface area contributed by atoms with Gasteiger partial charge in [-0.25, -0.2) is 0 Å². The third-order valence-corrected chi connectivity index (χ3v) is 3.19. The van der Waals surface area contributed by atoms with Gasteiger partial charge in [-0.1, -0.05) is 13.8 Å². The van der Waals surface area contributed by atoms with Gasteiger partial charge in [0.2, 0.25) is 6.79 Å². The van der Waals surface area contributed by atoms with Crippen molar-refractivity contribution in [2.45, 2.75) is 33.4 Å². The summed E-state index contributed by atoms with van der Waals surface area (Å²) in [6.07, 6.45) is 0. The van der Waals surface area contributed by atoms with E-state index in [2.05, 4.69) is 26.1 Å². The first-order chi connectivity index (χ1) is 8.08. The second-order valence-corrected chi connectivity index (χ2v) is 4.75. The number of phenols is 1. The number of nitrogens with one attached hydrogen (secondary N) is 1. The van der Waals surface area contributed by atoms with Crippen molar-refractivity contribution < 1.29 is 14.6 Å². The highest BCUT2D eigenvalue weighted by molar-refractivity contribution is 5.51. The molecule has 4 nitrogen and oxygen atoms in total. The molecule has 0 aliphatic carbocycles. The molecule has 1 heterocycles. The Morgan fingerprint density at radius 3 is 2.53 bits per heavy atom. The van der Waals surface area contributed by atoms with Crippen molar-refractivity contribution in [3.63, 3.8) is 0 Å². The second kappa shape index (κ2) is 4.84. The average molecular weight is 237 g/mol. The van der Waals surface area contributed by atoms with Crippen molar-refractivity contribution in [3.05, 3.63) is 17.7 Å². The molecule has 0 saturated heterocycles. The SMILES string of the molecule is CC(C)C(C)NCc1cc2c(cc1O)OCO2. The van der Waals surface area contributed by atoms with Gasteiger partial charge in [-0.15, -0.1) is 0 Å². The number of benzene rings is 1. The Labute approximate surface area is 102 Å². The molecule has 1 aliphatic rings. The van der Waals surface area contributed by atoms with Crippen molar-refractivity contribution in [2.24, 2.45) is 5.92 Å². The van der Waals surface area contributed by atoms with Gasteiger partial charge in [0.1, 0.15) is 5.75 Å². The molecule has 0 aromatic heterocycles. The highest BCUT2D eigenvalue weighted by Gasteiger charge is 2.17. The molecule has 0 amide bonds. The van der Waals surface area contributed by atoms with Gasteiger partial charge in [-0.3, -0.25) is 0 Å². The number of fused-ring (bicyclic) bond motifs is 1. The van der Waals surface area contributed by atoms with Gasteiger partial charge in [0.25, 0.3) is 0 Å². The molecule has 0 fully saturated rings. The molecule has 1 aromatic carbocycles. The number of aromatic hydroxyl groups is 1. The average Bonchev–Trinajstić information content (AvgIpc) is 2.72. The Balaban J connectivity index is 2.06. The molecule has 0 spiro atoms. The molecular weight excluding hydrogens is 218 g/mol. The van der Waals surface area contributed by atoms with Gasteiger partial charge in [0.05, 0.1) is 0 Å². The molecule has 17 heavy (non-hydrogen) atoms. The van der Waals surface area contributed by atoms with Crippen molar-refractivity contribution in [2.75, 3.05) is 6.79 Å². The van der Waals surface area contributed by atoms with Crippen molar-refractivity contribution >= 4 is 0 Å². The molecule has 1 aliphatic heterocycles. The van der Waals surface area contributed by atoms with E-state index in [0.717, 1.165) is 5.56 Å². The lowest BCUT2D eigenvalue weighted by Crippen LogP contribution is -2.30. The first-order valence-corrected chi connectivity index (χ1v) is 5.93. The monoisotopic (exact) mass is 237 g/mol. The molecule has 1 unspecified atom stereocenters. The predicted molar refractivity (Wildman–Crippen MR) is 65.4 cm³/mol. The minimum Gasteiger partial charge on any atom is -0.507 e. The van der Waals surface area contributed by atoms with Gasteiger partial charge in [-0.2, -0.15) is 0 Å². The first kappa shape index (κ1) is 12.0. The summed E-state index contributed by atoms with van der Waals surface area (Å²) in [6.45, 7) is 7.32. The van der Waals surface area contributed by atoms with Crippen molar-refractivity contribution in [1.82, 2.24) is 5.32 Å². The molecule has 94 valence electrons. The normalized spacial score (nSPS) is 15.3. The van der Waals surface area contributed by atoms with Crippen LogP contribution in [0.4, 0.5) is 0 Å². The first-order valence-electron chi connectivity index (χ1n) is 5.93. The van der Waals surface area contributed by atoms with E-state index in [-0.39, 0.29) is 12.5 Å². The lowest BCUT2D eigenvalue weighted by molar-refractivity contribution is 0.174. The molecular formula is C13H19NO3. The fourth-order valence-corrected chi connectivity index (χ4v) is 1.62. The van der Waals surface area contributed by atoms with E-state index >= 15 is 0 Å². The summed E-state index contributed by atoms with van der Waals surface area (Å²) in [7, 11) is 0. The maximum Gasteiger partial charge on any atom is 0.231 e. The van der Waals surface area contributed by atoms with Crippen LogP contribution in [0.15, 0.2) is 12.1 Å². The van der Waals surface area contributed by atoms with Crippen LogP contribution in [0.1, 0.15) is 26.3 Å². The Morgan fingerprint density at radius 1 is 1.24 bits per heavy atom. The van der Waals surface area contributed by atoms with E-state index in [1.807, 2.05) is 6.07 Å². The van der Waals surface area contributed by atoms with E-state index in [9.17, 15) is 5.11 Å². The zero-order chi connectivity index (χ0) is 12.4. The third-order valence-electron chi connectivity index (χ3n) is 3.19. The summed E-state index contributed by atoms with van der Waals surface area (Å²) in [6, 6.07) is 3.84. The zero-order valence-electron chi connectivity index (χ0n) is 10.5. The summed E-state index contributed by atoms with van der Waals surface area (Å²) < 4.78 is 10.5. The van der Waals surface area contributed by atoms with E-state index in [1.165, 1.54) is 0 Å². The summed E-state index contributed by atoms with van der Waals surface area (Å²) in [5, 5.41) is 13.2. The molecule has 4 heteroatoms. The summed E-state index contributed by atoms with van der Waals surface area (Å²) in [4.78, 5) is 0. The number of rotatable bonds is 4. The highest BCUT2D eigenvalue weighted by atomic mass is 16.7. The van der Waals surface area contributed by atoms with E-state index < -0.39 is 0 Å². The van der Waals surface area contributed by atoms with Crippen LogP contribution in [0.25, 0.3) is 0 Å². The van der Waals surface area contributed by atoms with Crippen LogP contribution in [0, 0.1) is 5.92 Å². The van der Waals surface area contributed by atoms with E-state index in [4.69, 9.17) is 9.47 Å². The van der Waals surface area contributed by atoms with E-state index in [0.29, 0.717) is 30.0 Å². The van der Waals surface area contributed by atoms with Crippen LogP contribution in [0.3, 0.4) is 0 Å². The van der Waals surface area contributed by atoms with Crippen LogP contribution < -0.4 is 14.8 Å². The molecule has 0 radical (unpaired) electrons. The Hall–Kier alpha value is -1.42. The van der Waals surface area contributed by atoms with Crippen LogP contribution in [-0.2, 0) is 6.54 Å². The fraction of sp³-hybridized carbons (Fsp3) is 0.538. The standard InChI is InChI=1S/C13H19NO3/c1-8(2)9(3)14-6-10-4-12-13(5-11(10)15)17-7-16-12/h4-5,8-9,14-15H,6-7H2,1-3H3. The zero-order valence-corrected chi connectivity index (χ0v) is 10.5. The Kier molecular flexibility index (Phi) is 3.43. The van der Waals surface area contributed by atoms with Gasteiger partial charge in [0.15, 0.2) is 11.5 Å². The summed E-state index contributed by atoms with van der Waals surface area (Å²) >= 11 is 0. The van der Waals surface area contributed by atoms with Gasteiger partial charge in [-0.05, 0) is 18.9 Å². The van der Waals surface area contributed by atoms with Crippen LogP contribution in [0.2, 0.25) is 0 Å². The molecule has 1 atom stereocenters. The number of phenolic OH excluding ortho intramolecular Hbond substituents is 1. The molecule has 2 rings (SSSR count). The topological polar surface area (TPSA) is 50.7 Å². The Morgan fingerprint density at radius 2 is 1.88 bits per heavy atom. The maximum absolute atomic E-state index is 9.85. The summed E-state index contributed by atoms with van der Waals surface area (Å²) in [5.41, 5.74) is 0.835. The number of hydrogen-bond acceptors (Lipinski definition) is 4. The van der Waals surface area contributed by atoms with Crippen LogP contribution in [-0.4, -0.2) is 17.9 Å². The quantitative estimate of drug-likeness (QED) is 0.843. The molecule has 1 aromatic rings. The van der Waals surface area contributed by atoms with Gasteiger partial charge >= 0.3 is 0 Å². The fourth-order valence-electron chi connectivity index (χ4n) is 1.62. The van der Waals surface area contributed by atoms with Gasteiger partial charge < -0.3 is 19.9 Å². The molecule has 0 saturated carbocycles. The second-order valence-electron chi connectivity index (χ2n) is 4.75. The van der Waals surface area contributed by atoms with Crippen molar-refractivity contribution in [3.8, 4) is 17.2 Å². The van der Waals surface area contributed by atoms with E-state index in [1.54, 1.807) is 6.07 Å². The number of ether oxygens (including phenoxy) is 2.